The zero-order valence-corrected chi connectivity index (χ0v) is 16.0. The summed E-state index contributed by atoms with van der Waals surface area (Å²) in [5.41, 5.74) is 4.00. The Bertz CT molecular complexity index is 803. The number of phenolic OH excluding ortho intramolecular Hbond substituents is 1. The summed E-state index contributed by atoms with van der Waals surface area (Å²) < 4.78 is 0. The van der Waals surface area contributed by atoms with Crippen molar-refractivity contribution in [1.82, 2.24) is 0 Å². The molecule has 0 fully saturated rings. The smallest absolute Gasteiger partial charge is 0.258 e. The van der Waals surface area contributed by atoms with Crippen LogP contribution < -0.4 is 4.90 Å². The Morgan fingerprint density at radius 2 is 1.44 bits per heavy atom. The molecule has 3 heteroatoms. The lowest BCUT2D eigenvalue weighted by atomic mass is 9.79. The molecule has 1 aliphatic heterocycles. The Hall–Kier alpha value is -2.29. The second-order valence-electron chi connectivity index (χ2n) is 8.94. The van der Waals surface area contributed by atoms with Gasteiger partial charge in [0.15, 0.2) is 0 Å². The maximum Gasteiger partial charge on any atom is 0.258 e. The van der Waals surface area contributed by atoms with E-state index in [1.54, 1.807) is 0 Å². The van der Waals surface area contributed by atoms with Crippen molar-refractivity contribution in [2.75, 3.05) is 4.90 Å². The van der Waals surface area contributed by atoms with Crippen molar-refractivity contribution in [3.8, 4) is 5.75 Å². The number of benzene rings is 2. The number of carbonyl (C=O) groups excluding carboxylic acids is 1. The van der Waals surface area contributed by atoms with E-state index in [1.807, 2.05) is 41.3 Å². The third-order valence-corrected chi connectivity index (χ3v) is 4.84. The SMILES string of the molecule is CC(C)(C)c1cc(N2Cc3ccccc3C2=O)cc(C(C)(C)C)c1O. The summed E-state index contributed by atoms with van der Waals surface area (Å²) in [7, 11) is 0. The molecule has 25 heavy (non-hydrogen) atoms. The first-order valence-corrected chi connectivity index (χ1v) is 8.78. The van der Waals surface area contributed by atoms with Crippen LogP contribution in [0.1, 0.15) is 68.6 Å². The number of aromatic hydroxyl groups is 1. The lowest BCUT2D eigenvalue weighted by Gasteiger charge is -2.30. The Morgan fingerprint density at radius 3 is 1.92 bits per heavy atom. The summed E-state index contributed by atoms with van der Waals surface area (Å²) in [5, 5.41) is 10.9. The van der Waals surface area contributed by atoms with Gasteiger partial charge in [-0.2, -0.15) is 0 Å². The number of amides is 1. The second kappa shape index (κ2) is 5.62. The van der Waals surface area contributed by atoms with Gasteiger partial charge in [0.1, 0.15) is 5.75 Å². The van der Waals surface area contributed by atoms with Crippen molar-refractivity contribution in [1.29, 1.82) is 0 Å². The van der Waals surface area contributed by atoms with Crippen molar-refractivity contribution >= 4 is 11.6 Å². The molecule has 132 valence electrons. The number of rotatable bonds is 1. The van der Waals surface area contributed by atoms with Crippen molar-refractivity contribution < 1.29 is 9.90 Å². The maximum atomic E-state index is 12.9. The number of hydrogen-bond donors (Lipinski definition) is 1. The molecule has 0 aliphatic carbocycles. The molecular formula is C22H27NO2. The van der Waals surface area contributed by atoms with Gasteiger partial charge in [0.25, 0.3) is 5.91 Å². The van der Waals surface area contributed by atoms with Gasteiger partial charge >= 0.3 is 0 Å². The van der Waals surface area contributed by atoms with Gasteiger partial charge in [0.05, 0.1) is 6.54 Å². The van der Waals surface area contributed by atoms with E-state index < -0.39 is 0 Å². The zero-order valence-electron chi connectivity index (χ0n) is 16.0. The maximum absolute atomic E-state index is 12.9. The fraction of sp³-hybridized carbons (Fsp3) is 0.409. The monoisotopic (exact) mass is 337 g/mol. The van der Waals surface area contributed by atoms with Crippen molar-refractivity contribution in [3.63, 3.8) is 0 Å². The molecule has 1 aliphatic rings. The average Bonchev–Trinajstić information content (AvgIpc) is 2.83. The number of carbonyl (C=O) groups is 1. The minimum atomic E-state index is -0.213. The normalized spacial score (nSPS) is 14.8. The van der Waals surface area contributed by atoms with E-state index in [-0.39, 0.29) is 16.7 Å². The van der Waals surface area contributed by atoms with Gasteiger partial charge in [0, 0.05) is 22.4 Å². The number of anilines is 1. The van der Waals surface area contributed by atoms with Crippen LogP contribution in [0.15, 0.2) is 36.4 Å². The van der Waals surface area contributed by atoms with E-state index in [0.717, 1.165) is 27.9 Å². The van der Waals surface area contributed by atoms with E-state index in [0.29, 0.717) is 12.3 Å². The third kappa shape index (κ3) is 3.04. The molecule has 0 saturated heterocycles. The lowest BCUT2D eigenvalue weighted by Crippen LogP contribution is -2.25. The van der Waals surface area contributed by atoms with Crippen molar-refractivity contribution in [2.24, 2.45) is 0 Å². The molecule has 1 amide bonds. The van der Waals surface area contributed by atoms with E-state index >= 15 is 0 Å². The quantitative estimate of drug-likeness (QED) is 0.782. The van der Waals surface area contributed by atoms with Gasteiger partial charge < -0.3 is 10.0 Å². The van der Waals surface area contributed by atoms with Crippen LogP contribution in [0.3, 0.4) is 0 Å². The molecule has 0 saturated carbocycles. The van der Waals surface area contributed by atoms with Gasteiger partial charge in [-0.15, -0.1) is 0 Å². The number of phenols is 1. The Balaban J connectivity index is 2.17. The predicted molar refractivity (Wildman–Crippen MR) is 102 cm³/mol. The minimum absolute atomic E-state index is 0.0287. The van der Waals surface area contributed by atoms with Crippen molar-refractivity contribution in [2.45, 2.75) is 58.9 Å². The molecule has 3 nitrogen and oxygen atoms in total. The van der Waals surface area contributed by atoms with E-state index in [9.17, 15) is 9.90 Å². The van der Waals surface area contributed by atoms with Gasteiger partial charge in [-0.3, -0.25) is 4.79 Å². The molecule has 2 aromatic carbocycles. The first-order valence-electron chi connectivity index (χ1n) is 8.78. The highest BCUT2D eigenvalue weighted by Crippen LogP contribution is 2.43. The molecule has 0 unspecified atom stereocenters. The molecule has 0 radical (unpaired) electrons. The summed E-state index contributed by atoms with van der Waals surface area (Å²) >= 11 is 0. The van der Waals surface area contributed by atoms with Gasteiger partial charge in [-0.1, -0.05) is 59.7 Å². The fourth-order valence-electron chi connectivity index (χ4n) is 3.38. The largest absolute Gasteiger partial charge is 0.507 e. The molecule has 0 atom stereocenters. The predicted octanol–water partition coefficient (Wildman–Crippen LogP) is 5.15. The first kappa shape index (κ1) is 17.5. The molecule has 2 aromatic rings. The molecular weight excluding hydrogens is 310 g/mol. The highest BCUT2D eigenvalue weighted by atomic mass is 16.3. The lowest BCUT2D eigenvalue weighted by molar-refractivity contribution is 0.0996. The highest BCUT2D eigenvalue weighted by Gasteiger charge is 2.32. The Labute approximate surface area is 150 Å². The first-order chi connectivity index (χ1) is 11.5. The van der Waals surface area contributed by atoms with Gasteiger partial charge in [-0.25, -0.2) is 0 Å². The number of hydrogen-bond acceptors (Lipinski definition) is 2. The highest BCUT2D eigenvalue weighted by molar-refractivity contribution is 6.10. The Kier molecular flexibility index (Phi) is 3.94. The van der Waals surface area contributed by atoms with Crippen molar-refractivity contribution in [3.05, 3.63) is 58.7 Å². The summed E-state index contributed by atoms with van der Waals surface area (Å²) in [6.07, 6.45) is 0. The average molecular weight is 337 g/mol. The van der Waals surface area contributed by atoms with Crippen LogP contribution in [0, 0.1) is 0 Å². The van der Waals surface area contributed by atoms with E-state index in [4.69, 9.17) is 0 Å². The van der Waals surface area contributed by atoms with Crippen LogP contribution in [0.2, 0.25) is 0 Å². The molecule has 0 aromatic heterocycles. The van der Waals surface area contributed by atoms with Gasteiger partial charge in [0.2, 0.25) is 0 Å². The van der Waals surface area contributed by atoms with Crippen LogP contribution in [-0.4, -0.2) is 11.0 Å². The van der Waals surface area contributed by atoms with Gasteiger partial charge in [-0.05, 0) is 34.6 Å². The third-order valence-electron chi connectivity index (χ3n) is 4.84. The van der Waals surface area contributed by atoms with Crippen LogP contribution in [0.4, 0.5) is 5.69 Å². The van der Waals surface area contributed by atoms with E-state index in [1.165, 1.54) is 0 Å². The van der Waals surface area contributed by atoms with Crippen LogP contribution in [0.25, 0.3) is 0 Å². The summed E-state index contributed by atoms with van der Waals surface area (Å²) in [4.78, 5) is 14.7. The van der Waals surface area contributed by atoms with E-state index in [2.05, 4.69) is 41.5 Å². The minimum Gasteiger partial charge on any atom is -0.507 e. The summed E-state index contributed by atoms with van der Waals surface area (Å²) in [5.74, 6) is 0.369. The van der Waals surface area contributed by atoms with Crippen LogP contribution >= 0.6 is 0 Å². The molecule has 3 rings (SSSR count). The molecule has 1 heterocycles. The zero-order chi connectivity index (χ0) is 18.6. The second-order valence-corrected chi connectivity index (χ2v) is 8.94. The standard InChI is InChI=1S/C22H27NO2/c1-21(2,3)17-11-15(12-18(19(17)24)22(4,5)6)23-13-14-9-7-8-10-16(14)20(23)25/h7-12,24H,13H2,1-6H3. The molecule has 1 N–H and O–H groups in total. The van der Waals surface area contributed by atoms with Crippen LogP contribution in [0.5, 0.6) is 5.75 Å². The molecule has 0 bridgehead atoms. The summed E-state index contributed by atoms with van der Waals surface area (Å²) in [6, 6.07) is 11.7. The van der Waals surface area contributed by atoms with Crippen LogP contribution in [-0.2, 0) is 17.4 Å². The fourth-order valence-corrected chi connectivity index (χ4v) is 3.38. The Morgan fingerprint density at radius 1 is 0.920 bits per heavy atom. The number of fused-ring (bicyclic) bond motifs is 1. The molecule has 0 spiro atoms. The number of nitrogens with zero attached hydrogens (tertiary/aromatic N) is 1. The summed E-state index contributed by atoms with van der Waals surface area (Å²) in [6.45, 7) is 13.1. The topological polar surface area (TPSA) is 40.5 Å².